The lowest BCUT2D eigenvalue weighted by Crippen LogP contribution is -2.52. The van der Waals surface area contributed by atoms with Gasteiger partial charge < -0.3 is 15.3 Å². The number of hydrogen-bond acceptors (Lipinski definition) is 7. The van der Waals surface area contributed by atoms with Crippen molar-refractivity contribution in [2.45, 2.75) is 50.5 Å². The molecule has 174 valence electrons. The Bertz CT molecular complexity index is 1260. The van der Waals surface area contributed by atoms with Crippen LogP contribution < -0.4 is 10.0 Å². The van der Waals surface area contributed by atoms with E-state index in [-0.39, 0.29) is 39.5 Å². The maximum Gasteiger partial charge on any atom is 0.286 e. The van der Waals surface area contributed by atoms with E-state index in [1.807, 2.05) is 0 Å². The summed E-state index contributed by atoms with van der Waals surface area (Å²) in [5.41, 5.74) is -0.721. The van der Waals surface area contributed by atoms with Gasteiger partial charge >= 0.3 is 0 Å². The predicted molar refractivity (Wildman–Crippen MR) is 121 cm³/mol. The van der Waals surface area contributed by atoms with Crippen LogP contribution in [0.2, 0.25) is 0 Å². The van der Waals surface area contributed by atoms with Crippen LogP contribution in [0.5, 0.6) is 0 Å². The molecule has 0 bridgehead atoms. The Kier molecular flexibility index (Phi) is 5.28. The molecule has 2 heterocycles. The highest BCUT2D eigenvalue weighted by molar-refractivity contribution is 7.92. The first-order valence-corrected chi connectivity index (χ1v) is 13.6. The molecule has 10 nitrogen and oxygen atoms in total. The van der Waals surface area contributed by atoms with Crippen LogP contribution in [0.4, 0.5) is 11.4 Å². The van der Waals surface area contributed by atoms with Crippen LogP contribution in [0.1, 0.15) is 39.5 Å². The monoisotopic (exact) mass is 482 g/mol. The van der Waals surface area contributed by atoms with E-state index in [4.69, 9.17) is 0 Å². The van der Waals surface area contributed by atoms with Crippen LogP contribution in [-0.4, -0.2) is 57.4 Å². The Morgan fingerprint density at radius 2 is 1.91 bits per heavy atom. The molecule has 0 aromatic heterocycles. The molecular weight excluding hydrogens is 456 g/mol. The smallest absolute Gasteiger partial charge is 0.286 e. The first-order chi connectivity index (χ1) is 14.8. The summed E-state index contributed by atoms with van der Waals surface area (Å²) in [6, 6.07) is 3.99. The van der Waals surface area contributed by atoms with Crippen molar-refractivity contribution in [1.82, 2.24) is 4.90 Å². The van der Waals surface area contributed by atoms with Crippen molar-refractivity contribution in [3.8, 4) is 0 Å². The standard InChI is InChI=1S/C20H26N4O6S2/c1-20(2)11-24(13-6-4-5-7-13)19(26)16(17(20)25)18-21-14-9-8-12(22-31(3,27)28)10-15(14)32(29,30)23-18/h8-10,13,22,25H,4-7,11H2,1-3H3,(H,21,23). The molecule has 0 spiro atoms. The van der Waals surface area contributed by atoms with E-state index in [2.05, 4.69) is 14.4 Å². The number of amides is 1. The number of amidine groups is 1. The Morgan fingerprint density at radius 3 is 2.53 bits per heavy atom. The minimum absolute atomic E-state index is 0.0441. The van der Waals surface area contributed by atoms with Crippen molar-refractivity contribution in [2.24, 2.45) is 9.81 Å². The van der Waals surface area contributed by atoms with Crippen LogP contribution in [0, 0.1) is 5.41 Å². The number of fused-ring (bicyclic) bond motifs is 1. The number of nitrogens with one attached hydrogen (secondary N) is 2. The van der Waals surface area contributed by atoms with E-state index in [9.17, 15) is 26.7 Å². The molecule has 1 aromatic rings. The van der Waals surface area contributed by atoms with Gasteiger partial charge in [-0.15, -0.1) is 4.40 Å². The van der Waals surface area contributed by atoms with Gasteiger partial charge in [-0.2, -0.15) is 8.42 Å². The highest BCUT2D eigenvalue weighted by Gasteiger charge is 2.45. The zero-order valence-electron chi connectivity index (χ0n) is 18.0. The van der Waals surface area contributed by atoms with Crippen molar-refractivity contribution in [2.75, 3.05) is 22.8 Å². The molecule has 1 aromatic carbocycles. The molecule has 32 heavy (non-hydrogen) atoms. The first kappa shape index (κ1) is 22.6. The molecule has 0 radical (unpaired) electrons. The van der Waals surface area contributed by atoms with Gasteiger partial charge in [0.15, 0.2) is 5.84 Å². The number of sulfonamides is 2. The van der Waals surface area contributed by atoms with Gasteiger partial charge in [0.05, 0.1) is 11.9 Å². The van der Waals surface area contributed by atoms with E-state index < -0.39 is 31.4 Å². The quantitative estimate of drug-likeness (QED) is 0.596. The lowest BCUT2D eigenvalue weighted by atomic mass is 9.82. The summed E-state index contributed by atoms with van der Waals surface area (Å²) >= 11 is 0. The van der Waals surface area contributed by atoms with Crippen molar-refractivity contribution < 1.29 is 26.7 Å². The fourth-order valence-corrected chi connectivity index (χ4v) is 6.13. The molecular formula is C20H26N4O6S2. The summed E-state index contributed by atoms with van der Waals surface area (Å²) in [6.07, 6.45) is 4.73. The van der Waals surface area contributed by atoms with Crippen LogP contribution in [0.15, 0.2) is 38.8 Å². The molecule has 0 unspecified atom stereocenters. The lowest BCUT2D eigenvalue weighted by Gasteiger charge is -2.41. The van der Waals surface area contributed by atoms with Crippen molar-refractivity contribution in [3.63, 3.8) is 0 Å². The Balaban J connectivity index is 1.76. The van der Waals surface area contributed by atoms with Crippen LogP contribution in [-0.2, 0) is 24.8 Å². The molecule has 2 aliphatic heterocycles. The van der Waals surface area contributed by atoms with Crippen LogP contribution in [0.25, 0.3) is 0 Å². The number of benzene rings is 1. The fraction of sp³-hybridized carbons (Fsp3) is 0.500. The zero-order valence-corrected chi connectivity index (χ0v) is 19.7. The average Bonchev–Trinajstić information content (AvgIpc) is 3.18. The highest BCUT2D eigenvalue weighted by Crippen LogP contribution is 2.39. The van der Waals surface area contributed by atoms with E-state index in [0.29, 0.717) is 6.54 Å². The van der Waals surface area contributed by atoms with Crippen LogP contribution >= 0.6 is 0 Å². The average molecular weight is 483 g/mol. The molecule has 0 atom stereocenters. The van der Waals surface area contributed by atoms with E-state index in [1.54, 1.807) is 18.7 Å². The third-order valence-corrected chi connectivity index (χ3v) is 7.87. The van der Waals surface area contributed by atoms with E-state index >= 15 is 0 Å². The number of carbonyl (C=O) groups is 1. The van der Waals surface area contributed by atoms with Gasteiger partial charge in [-0.3, -0.25) is 9.52 Å². The Hall–Kier alpha value is -2.60. The predicted octanol–water partition coefficient (Wildman–Crippen LogP) is 2.19. The topological polar surface area (TPSA) is 145 Å². The summed E-state index contributed by atoms with van der Waals surface area (Å²) in [7, 11) is -7.87. The van der Waals surface area contributed by atoms with Gasteiger partial charge in [-0.05, 0) is 31.0 Å². The second-order valence-corrected chi connectivity index (χ2v) is 12.4. The summed E-state index contributed by atoms with van der Waals surface area (Å²) in [5, 5.41) is 13.8. The number of aliphatic hydroxyl groups is 1. The Labute approximate surface area is 187 Å². The van der Waals surface area contributed by atoms with Crippen LogP contribution in [0.3, 0.4) is 0 Å². The minimum atomic E-state index is -4.26. The van der Waals surface area contributed by atoms with Crippen molar-refractivity contribution in [1.29, 1.82) is 0 Å². The number of aliphatic hydroxyl groups excluding tert-OH is 1. The summed E-state index contributed by atoms with van der Waals surface area (Å²) in [5.74, 6) is -0.898. The van der Waals surface area contributed by atoms with Gasteiger partial charge in [-0.25, -0.2) is 8.42 Å². The molecule has 1 saturated carbocycles. The second kappa shape index (κ2) is 7.48. The van der Waals surface area contributed by atoms with Gasteiger partial charge in [0, 0.05) is 23.7 Å². The molecule has 1 amide bonds. The normalized spacial score (nSPS) is 22.9. The molecule has 4 rings (SSSR count). The molecule has 12 heteroatoms. The molecule has 1 fully saturated rings. The van der Waals surface area contributed by atoms with Gasteiger partial charge in [0.2, 0.25) is 10.0 Å². The third-order valence-electron chi connectivity index (χ3n) is 5.95. The minimum Gasteiger partial charge on any atom is -0.511 e. The van der Waals surface area contributed by atoms with Crippen molar-refractivity contribution in [3.05, 3.63) is 29.5 Å². The molecule has 3 aliphatic rings. The molecule has 3 N–H and O–H groups in total. The SMILES string of the molecule is CC1(C)CN(C2CCCC2)C(=O)C(C2=NS(=O)(=O)c3cc(NS(C)(=O)=O)ccc3N2)=C1O. The Morgan fingerprint density at radius 1 is 1.25 bits per heavy atom. The number of anilines is 2. The van der Waals surface area contributed by atoms with E-state index in [1.165, 1.54) is 12.1 Å². The zero-order chi connectivity index (χ0) is 23.5. The number of rotatable bonds is 4. The molecule has 1 aliphatic carbocycles. The largest absolute Gasteiger partial charge is 0.511 e. The fourth-order valence-electron chi connectivity index (χ4n) is 4.42. The third kappa shape index (κ3) is 4.08. The number of hydrogen-bond donors (Lipinski definition) is 3. The maximum absolute atomic E-state index is 13.4. The van der Waals surface area contributed by atoms with Gasteiger partial charge in [0.25, 0.3) is 15.9 Å². The van der Waals surface area contributed by atoms with Gasteiger partial charge in [0.1, 0.15) is 16.2 Å². The number of carbonyl (C=O) groups excluding carboxylic acids is 1. The second-order valence-electron chi connectivity index (χ2n) is 9.10. The number of nitrogens with zero attached hydrogens (tertiary/aromatic N) is 2. The maximum atomic E-state index is 13.4. The lowest BCUT2D eigenvalue weighted by molar-refractivity contribution is -0.132. The summed E-state index contributed by atoms with van der Waals surface area (Å²) in [6.45, 7) is 3.93. The first-order valence-electron chi connectivity index (χ1n) is 10.3. The molecule has 0 saturated heterocycles. The van der Waals surface area contributed by atoms with E-state index in [0.717, 1.165) is 38.0 Å². The summed E-state index contributed by atoms with van der Waals surface area (Å²) < 4.78 is 54.8. The summed E-state index contributed by atoms with van der Waals surface area (Å²) in [4.78, 5) is 14.8. The highest BCUT2D eigenvalue weighted by atomic mass is 32.2. The van der Waals surface area contributed by atoms with Crippen molar-refractivity contribution >= 4 is 43.2 Å². The van der Waals surface area contributed by atoms with Gasteiger partial charge in [-0.1, -0.05) is 26.7 Å².